The van der Waals surface area contributed by atoms with Crippen LogP contribution in [0.25, 0.3) is 0 Å². The summed E-state index contributed by atoms with van der Waals surface area (Å²) in [6.07, 6.45) is -4.40. The van der Waals surface area contributed by atoms with Crippen LogP contribution < -0.4 is 11.1 Å². The number of hydrogen-bond donors (Lipinski definition) is 2. The zero-order valence-corrected chi connectivity index (χ0v) is 8.34. The van der Waals surface area contributed by atoms with Crippen molar-refractivity contribution in [3.05, 3.63) is 35.4 Å². The minimum absolute atomic E-state index is 0.173. The van der Waals surface area contributed by atoms with Crippen molar-refractivity contribution in [3.63, 3.8) is 0 Å². The van der Waals surface area contributed by atoms with E-state index < -0.39 is 18.6 Å². The number of halogens is 3. The second kappa shape index (κ2) is 4.98. The summed E-state index contributed by atoms with van der Waals surface area (Å²) in [5, 5.41) is 1.79. The molecule has 0 saturated heterocycles. The van der Waals surface area contributed by atoms with Crippen LogP contribution in [0.15, 0.2) is 24.3 Å². The summed E-state index contributed by atoms with van der Waals surface area (Å²) >= 11 is 0. The Morgan fingerprint density at radius 3 is 2.62 bits per heavy atom. The quantitative estimate of drug-likeness (QED) is 0.828. The Bertz CT molecular complexity index is 377. The van der Waals surface area contributed by atoms with Crippen LogP contribution in [-0.2, 0) is 6.54 Å². The molecule has 1 rings (SSSR count). The van der Waals surface area contributed by atoms with Crippen LogP contribution in [0.4, 0.5) is 13.2 Å². The van der Waals surface area contributed by atoms with Gasteiger partial charge < -0.3 is 11.1 Å². The molecule has 88 valence electrons. The standard InChI is InChI=1S/C10H11F3N2O/c11-10(12,13)6-15-9(16)8-3-1-2-7(4-8)5-14/h1-4H,5-6,14H2,(H,15,16). The first kappa shape index (κ1) is 12.5. The predicted molar refractivity (Wildman–Crippen MR) is 52.7 cm³/mol. The number of carbonyl (C=O) groups is 1. The van der Waals surface area contributed by atoms with E-state index in [2.05, 4.69) is 0 Å². The number of nitrogens with two attached hydrogens (primary N) is 1. The summed E-state index contributed by atoms with van der Waals surface area (Å²) in [7, 11) is 0. The van der Waals surface area contributed by atoms with E-state index >= 15 is 0 Å². The molecule has 0 fully saturated rings. The van der Waals surface area contributed by atoms with Gasteiger partial charge in [0.15, 0.2) is 0 Å². The largest absolute Gasteiger partial charge is 0.405 e. The first-order valence-corrected chi connectivity index (χ1v) is 4.56. The monoisotopic (exact) mass is 232 g/mol. The number of carbonyl (C=O) groups excluding carboxylic acids is 1. The molecule has 1 amide bonds. The maximum absolute atomic E-state index is 11.8. The van der Waals surface area contributed by atoms with Gasteiger partial charge in [0.2, 0.25) is 0 Å². The summed E-state index contributed by atoms with van der Waals surface area (Å²) in [4.78, 5) is 11.3. The van der Waals surface area contributed by atoms with Crippen LogP contribution in [0.5, 0.6) is 0 Å². The normalized spacial score (nSPS) is 11.2. The Balaban J connectivity index is 2.66. The third-order valence-corrected chi connectivity index (χ3v) is 1.87. The van der Waals surface area contributed by atoms with Gasteiger partial charge in [-0.3, -0.25) is 4.79 Å². The third kappa shape index (κ3) is 3.90. The number of nitrogens with one attached hydrogen (secondary N) is 1. The van der Waals surface area contributed by atoms with Gasteiger partial charge in [-0.25, -0.2) is 0 Å². The van der Waals surface area contributed by atoms with E-state index in [1.54, 1.807) is 17.4 Å². The molecule has 3 N–H and O–H groups in total. The van der Waals surface area contributed by atoms with Gasteiger partial charge in [-0.1, -0.05) is 12.1 Å². The van der Waals surface area contributed by atoms with E-state index in [0.717, 1.165) is 0 Å². The lowest BCUT2D eigenvalue weighted by atomic mass is 10.1. The van der Waals surface area contributed by atoms with Crippen LogP contribution in [0.3, 0.4) is 0 Å². The highest BCUT2D eigenvalue weighted by atomic mass is 19.4. The van der Waals surface area contributed by atoms with Gasteiger partial charge in [0, 0.05) is 12.1 Å². The highest BCUT2D eigenvalue weighted by Crippen LogP contribution is 2.13. The number of rotatable bonds is 3. The molecular formula is C10H11F3N2O. The van der Waals surface area contributed by atoms with Crippen LogP contribution in [0.1, 0.15) is 15.9 Å². The van der Waals surface area contributed by atoms with Crippen molar-refractivity contribution in [2.75, 3.05) is 6.54 Å². The van der Waals surface area contributed by atoms with Gasteiger partial charge in [0.25, 0.3) is 5.91 Å². The second-order valence-electron chi connectivity index (χ2n) is 3.20. The van der Waals surface area contributed by atoms with E-state index in [4.69, 9.17) is 5.73 Å². The molecule has 6 heteroatoms. The molecule has 0 heterocycles. The van der Waals surface area contributed by atoms with Crippen molar-refractivity contribution in [3.8, 4) is 0 Å². The van der Waals surface area contributed by atoms with E-state index in [0.29, 0.717) is 5.56 Å². The Hall–Kier alpha value is -1.56. The van der Waals surface area contributed by atoms with E-state index in [9.17, 15) is 18.0 Å². The first-order chi connectivity index (χ1) is 7.42. The predicted octanol–water partition coefficient (Wildman–Crippen LogP) is 1.44. The maximum atomic E-state index is 11.8. The molecule has 0 radical (unpaired) electrons. The molecule has 0 aliphatic heterocycles. The average Bonchev–Trinajstić information content (AvgIpc) is 2.25. The fourth-order valence-electron chi connectivity index (χ4n) is 1.12. The molecule has 0 spiro atoms. The molecule has 0 atom stereocenters. The Morgan fingerprint density at radius 1 is 1.38 bits per heavy atom. The van der Waals surface area contributed by atoms with Gasteiger partial charge in [-0.2, -0.15) is 13.2 Å². The molecule has 0 saturated carbocycles. The Morgan fingerprint density at radius 2 is 2.06 bits per heavy atom. The van der Waals surface area contributed by atoms with E-state index in [-0.39, 0.29) is 12.1 Å². The fraction of sp³-hybridized carbons (Fsp3) is 0.300. The lowest BCUT2D eigenvalue weighted by molar-refractivity contribution is -0.123. The minimum atomic E-state index is -4.40. The van der Waals surface area contributed by atoms with Gasteiger partial charge in [-0.15, -0.1) is 0 Å². The highest BCUT2D eigenvalue weighted by molar-refractivity contribution is 5.94. The minimum Gasteiger partial charge on any atom is -0.343 e. The third-order valence-electron chi connectivity index (χ3n) is 1.87. The second-order valence-corrected chi connectivity index (χ2v) is 3.20. The number of hydrogen-bond acceptors (Lipinski definition) is 2. The van der Waals surface area contributed by atoms with Crippen molar-refractivity contribution < 1.29 is 18.0 Å². The average molecular weight is 232 g/mol. The summed E-state index contributed by atoms with van der Waals surface area (Å²) in [6, 6.07) is 6.17. The Kier molecular flexibility index (Phi) is 3.89. The molecule has 0 aliphatic carbocycles. The number of alkyl halides is 3. The van der Waals surface area contributed by atoms with Crippen LogP contribution in [-0.4, -0.2) is 18.6 Å². The van der Waals surface area contributed by atoms with Crippen molar-refractivity contribution in [1.29, 1.82) is 0 Å². The zero-order chi connectivity index (χ0) is 12.2. The molecule has 0 aromatic heterocycles. The smallest absolute Gasteiger partial charge is 0.343 e. The summed E-state index contributed by atoms with van der Waals surface area (Å²) < 4.78 is 35.5. The van der Waals surface area contributed by atoms with Crippen molar-refractivity contribution in [1.82, 2.24) is 5.32 Å². The van der Waals surface area contributed by atoms with Gasteiger partial charge in [0.05, 0.1) is 0 Å². The lowest BCUT2D eigenvalue weighted by Gasteiger charge is -2.08. The molecule has 3 nitrogen and oxygen atoms in total. The van der Waals surface area contributed by atoms with E-state index in [1.807, 2.05) is 0 Å². The van der Waals surface area contributed by atoms with Crippen molar-refractivity contribution in [2.24, 2.45) is 5.73 Å². The summed E-state index contributed by atoms with van der Waals surface area (Å²) in [5.41, 5.74) is 6.22. The highest BCUT2D eigenvalue weighted by Gasteiger charge is 2.27. The van der Waals surface area contributed by atoms with Gasteiger partial charge in [-0.05, 0) is 17.7 Å². The van der Waals surface area contributed by atoms with E-state index in [1.165, 1.54) is 12.1 Å². The summed E-state index contributed by atoms with van der Waals surface area (Å²) in [5.74, 6) is -0.757. The van der Waals surface area contributed by atoms with Crippen molar-refractivity contribution >= 4 is 5.91 Å². The molecule has 0 unspecified atom stereocenters. The molecule has 1 aromatic carbocycles. The first-order valence-electron chi connectivity index (χ1n) is 4.56. The summed E-state index contributed by atoms with van der Waals surface area (Å²) in [6.45, 7) is -1.10. The van der Waals surface area contributed by atoms with Crippen LogP contribution >= 0.6 is 0 Å². The molecule has 16 heavy (non-hydrogen) atoms. The van der Waals surface area contributed by atoms with Crippen molar-refractivity contribution in [2.45, 2.75) is 12.7 Å². The maximum Gasteiger partial charge on any atom is 0.405 e. The topological polar surface area (TPSA) is 55.1 Å². The van der Waals surface area contributed by atoms with Crippen LogP contribution in [0.2, 0.25) is 0 Å². The zero-order valence-electron chi connectivity index (χ0n) is 8.34. The number of benzene rings is 1. The van der Waals surface area contributed by atoms with Gasteiger partial charge >= 0.3 is 6.18 Å². The molecule has 1 aromatic rings. The van der Waals surface area contributed by atoms with Gasteiger partial charge in [0.1, 0.15) is 6.54 Å². The molecule has 0 aliphatic rings. The fourth-order valence-corrected chi connectivity index (χ4v) is 1.12. The SMILES string of the molecule is NCc1cccc(C(=O)NCC(F)(F)F)c1. The number of amides is 1. The molecule has 0 bridgehead atoms. The molecular weight excluding hydrogens is 221 g/mol. The lowest BCUT2D eigenvalue weighted by Crippen LogP contribution is -2.33. The van der Waals surface area contributed by atoms with Crippen LogP contribution in [0, 0.1) is 0 Å². The Labute approximate surface area is 90.4 Å².